The second-order valence-corrected chi connectivity index (χ2v) is 9.34. The molecule has 1 unspecified atom stereocenters. The van der Waals surface area contributed by atoms with Crippen molar-refractivity contribution in [3.63, 3.8) is 0 Å². The van der Waals surface area contributed by atoms with Gasteiger partial charge in [0.25, 0.3) is 11.8 Å². The molecule has 176 valence electrons. The van der Waals surface area contributed by atoms with Crippen LogP contribution < -0.4 is 10.6 Å². The lowest BCUT2D eigenvalue weighted by molar-refractivity contribution is -0.136. The van der Waals surface area contributed by atoms with Gasteiger partial charge in [0.1, 0.15) is 17.8 Å². The highest BCUT2D eigenvalue weighted by atomic mass is 35.5. The number of aromatic nitrogens is 1. The third kappa shape index (κ3) is 3.83. The van der Waals surface area contributed by atoms with Crippen molar-refractivity contribution in [3.05, 3.63) is 63.9 Å². The summed E-state index contributed by atoms with van der Waals surface area (Å²) in [5, 5.41) is 5.30. The predicted molar refractivity (Wildman–Crippen MR) is 120 cm³/mol. The second-order valence-electron chi connectivity index (χ2n) is 8.94. The van der Waals surface area contributed by atoms with Crippen molar-refractivity contribution in [2.75, 3.05) is 0 Å². The zero-order valence-electron chi connectivity index (χ0n) is 18.1. The minimum Gasteiger partial charge on any atom is -0.340 e. The van der Waals surface area contributed by atoms with Crippen molar-refractivity contribution < 1.29 is 23.6 Å². The van der Waals surface area contributed by atoms with Gasteiger partial charge in [0.05, 0.1) is 10.7 Å². The molecule has 3 heterocycles. The fraction of sp³-hybridized carbons (Fsp3) is 0.375. The lowest BCUT2D eigenvalue weighted by Gasteiger charge is -2.40. The summed E-state index contributed by atoms with van der Waals surface area (Å²) in [5.41, 5.74) is -0.111. The molecule has 1 aromatic carbocycles. The van der Waals surface area contributed by atoms with Crippen molar-refractivity contribution in [2.24, 2.45) is 0 Å². The normalized spacial score (nSPS) is 22.0. The Balaban J connectivity index is 1.37. The van der Waals surface area contributed by atoms with Crippen LogP contribution in [0.25, 0.3) is 0 Å². The number of hydrogen-bond acceptors (Lipinski definition) is 5. The van der Waals surface area contributed by atoms with Crippen LogP contribution in [0.5, 0.6) is 0 Å². The maximum absolute atomic E-state index is 15.5. The van der Waals surface area contributed by atoms with Crippen LogP contribution >= 0.6 is 11.6 Å². The SMILES string of the molecule is O=C1CCC(N2Cc3cc(C(=O)N[C@H](c4ncccc4Cl)C4(F)CCC4)ccc3C2=O)C(=O)N1. The molecule has 8 nitrogen and oxygen atoms in total. The van der Waals surface area contributed by atoms with Gasteiger partial charge in [-0.05, 0) is 61.6 Å². The van der Waals surface area contributed by atoms with E-state index in [2.05, 4.69) is 15.6 Å². The number of nitrogens with zero attached hydrogens (tertiary/aromatic N) is 2. The number of rotatable bonds is 5. The van der Waals surface area contributed by atoms with E-state index in [9.17, 15) is 19.2 Å². The number of nitrogens with one attached hydrogen (secondary N) is 2. The van der Waals surface area contributed by atoms with Crippen LogP contribution in [0, 0.1) is 0 Å². The van der Waals surface area contributed by atoms with Gasteiger partial charge in [0.15, 0.2) is 0 Å². The molecule has 10 heteroatoms. The zero-order chi connectivity index (χ0) is 24.0. The first-order valence-electron chi connectivity index (χ1n) is 11.1. The van der Waals surface area contributed by atoms with E-state index in [1.165, 1.54) is 23.2 Å². The Morgan fingerprint density at radius 2 is 2.06 bits per heavy atom. The highest BCUT2D eigenvalue weighted by molar-refractivity contribution is 6.31. The number of hydrogen-bond donors (Lipinski definition) is 2. The summed E-state index contributed by atoms with van der Waals surface area (Å²) < 4.78 is 15.5. The third-order valence-corrected chi connectivity index (χ3v) is 7.14. The van der Waals surface area contributed by atoms with Crippen LogP contribution in [0.4, 0.5) is 4.39 Å². The molecule has 4 amide bonds. The summed E-state index contributed by atoms with van der Waals surface area (Å²) in [6.45, 7) is 0.143. The summed E-state index contributed by atoms with van der Waals surface area (Å²) in [5.74, 6) is -1.69. The highest BCUT2D eigenvalue weighted by Crippen LogP contribution is 2.46. The Bertz CT molecular complexity index is 1220. The lowest BCUT2D eigenvalue weighted by Crippen LogP contribution is -2.52. The van der Waals surface area contributed by atoms with E-state index in [4.69, 9.17) is 11.6 Å². The number of halogens is 2. The standard InChI is InChI=1S/C24H22ClFN4O4/c25-16-3-1-10-27-19(16)20(24(26)8-2-9-24)29-21(32)13-4-5-15-14(11-13)12-30(23(15)34)17-6-7-18(31)28-22(17)33/h1,3-5,10-11,17,20H,2,6-9,12H2,(H,29,32)(H,28,31,33)/t17?,20-/m1/s1. The van der Waals surface area contributed by atoms with Gasteiger partial charge in [-0.2, -0.15) is 0 Å². The predicted octanol–water partition coefficient (Wildman–Crippen LogP) is 2.86. The summed E-state index contributed by atoms with van der Waals surface area (Å²) in [4.78, 5) is 55.3. The van der Waals surface area contributed by atoms with Crippen molar-refractivity contribution >= 4 is 35.2 Å². The Labute approximate surface area is 199 Å². The fourth-order valence-electron chi connectivity index (χ4n) is 4.79. The topological polar surface area (TPSA) is 108 Å². The van der Waals surface area contributed by atoms with Crippen LogP contribution in [0.2, 0.25) is 5.02 Å². The van der Waals surface area contributed by atoms with E-state index >= 15 is 4.39 Å². The number of alkyl halides is 1. The van der Waals surface area contributed by atoms with Gasteiger partial charge in [0, 0.05) is 30.3 Å². The third-order valence-electron chi connectivity index (χ3n) is 6.82. The van der Waals surface area contributed by atoms with Crippen LogP contribution in [-0.4, -0.2) is 45.2 Å². The molecule has 0 spiro atoms. The van der Waals surface area contributed by atoms with E-state index in [1.807, 2.05) is 0 Å². The molecule has 2 aromatic rings. The van der Waals surface area contributed by atoms with Crippen molar-refractivity contribution in [1.82, 2.24) is 20.5 Å². The minimum absolute atomic E-state index is 0.143. The number of piperidine rings is 1. The molecule has 0 radical (unpaired) electrons. The fourth-order valence-corrected chi connectivity index (χ4v) is 5.02. The smallest absolute Gasteiger partial charge is 0.255 e. The van der Waals surface area contributed by atoms with E-state index in [1.54, 1.807) is 18.2 Å². The first-order valence-corrected chi connectivity index (χ1v) is 11.5. The monoisotopic (exact) mass is 484 g/mol. The summed E-state index contributed by atoms with van der Waals surface area (Å²) >= 11 is 6.26. The molecule has 2 fully saturated rings. The van der Waals surface area contributed by atoms with Crippen molar-refractivity contribution in [3.8, 4) is 0 Å². The van der Waals surface area contributed by atoms with Crippen molar-refractivity contribution in [2.45, 2.75) is 56.4 Å². The van der Waals surface area contributed by atoms with Gasteiger partial charge in [-0.25, -0.2) is 4.39 Å². The van der Waals surface area contributed by atoms with E-state index in [0.29, 0.717) is 30.4 Å². The summed E-state index contributed by atoms with van der Waals surface area (Å²) in [6.07, 6.45) is 3.22. The highest BCUT2D eigenvalue weighted by Gasteiger charge is 2.48. The molecular formula is C24H22ClFN4O4. The van der Waals surface area contributed by atoms with Gasteiger partial charge >= 0.3 is 0 Å². The number of amides is 4. The molecule has 1 aromatic heterocycles. The maximum atomic E-state index is 15.5. The van der Waals surface area contributed by atoms with Gasteiger partial charge < -0.3 is 10.2 Å². The molecule has 0 bridgehead atoms. The average molecular weight is 485 g/mol. The number of pyridine rings is 1. The molecule has 2 atom stereocenters. The molecule has 1 saturated carbocycles. The van der Waals surface area contributed by atoms with E-state index < -0.39 is 29.6 Å². The van der Waals surface area contributed by atoms with Gasteiger partial charge in [0.2, 0.25) is 11.8 Å². The number of imide groups is 1. The average Bonchev–Trinajstić information content (AvgIpc) is 3.12. The van der Waals surface area contributed by atoms with Gasteiger partial charge in [-0.15, -0.1) is 0 Å². The summed E-state index contributed by atoms with van der Waals surface area (Å²) in [6, 6.07) is 6.13. The van der Waals surface area contributed by atoms with Crippen LogP contribution in [-0.2, 0) is 16.1 Å². The first kappa shape index (κ1) is 22.5. The molecule has 1 saturated heterocycles. The van der Waals surface area contributed by atoms with Gasteiger partial charge in [-0.1, -0.05) is 11.6 Å². The Morgan fingerprint density at radius 1 is 1.26 bits per heavy atom. The van der Waals surface area contributed by atoms with Crippen molar-refractivity contribution in [1.29, 1.82) is 0 Å². The van der Waals surface area contributed by atoms with Crippen LogP contribution in [0.15, 0.2) is 36.5 Å². The van der Waals surface area contributed by atoms with Crippen LogP contribution in [0.3, 0.4) is 0 Å². The number of benzene rings is 1. The Morgan fingerprint density at radius 3 is 2.74 bits per heavy atom. The second kappa shape index (κ2) is 8.47. The maximum Gasteiger partial charge on any atom is 0.255 e. The van der Waals surface area contributed by atoms with E-state index in [0.717, 1.165) is 0 Å². The van der Waals surface area contributed by atoms with Gasteiger partial charge in [-0.3, -0.25) is 29.5 Å². The zero-order valence-corrected chi connectivity index (χ0v) is 18.9. The first-order chi connectivity index (χ1) is 16.3. The minimum atomic E-state index is -1.64. The molecule has 3 aliphatic rings. The lowest BCUT2D eigenvalue weighted by atomic mass is 9.75. The summed E-state index contributed by atoms with van der Waals surface area (Å²) in [7, 11) is 0. The van der Waals surface area contributed by atoms with E-state index in [-0.39, 0.29) is 47.5 Å². The molecule has 2 N–H and O–H groups in total. The Hall–Kier alpha value is -3.33. The number of carbonyl (C=O) groups excluding carboxylic acids is 4. The number of carbonyl (C=O) groups is 4. The molecular weight excluding hydrogens is 463 g/mol. The molecule has 2 aliphatic heterocycles. The molecule has 1 aliphatic carbocycles. The Kier molecular flexibility index (Phi) is 5.59. The molecule has 5 rings (SSSR count). The molecule has 34 heavy (non-hydrogen) atoms. The number of fused-ring (bicyclic) bond motifs is 1. The quantitative estimate of drug-likeness (QED) is 0.634. The largest absolute Gasteiger partial charge is 0.340 e. The van der Waals surface area contributed by atoms with Crippen LogP contribution in [0.1, 0.15) is 70.1 Å².